The summed E-state index contributed by atoms with van der Waals surface area (Å²) < 4.78 is 5.37. The highest BCUT2D eigenvalue weighted by Crippen LogP contribution is 2.25. The van der Waals surface area contributed by atoms with Gasteiger partial charge in [-0.2, -0.15) is 0 Å². The Morgan fingerprint density at radius 3 is 2.64 bits per heavy atom. The van der Waals surface area contributed by atoms with E-state index in [1.165, 1.54) is 5.56 Å². The molecular weight excluding hydrogens is 350 g/mol. The molecule has 5 nitrogen and oxygen atoms in total. The second-order valence-electron chi connectivity index (χ2n) is 7.15. The zero-order valence-electron chi connectivity index (χ0n) is 16.1. The summed E-state index contributed by atoms with van der Waals surface area (Å²) in [5.74, 6) is -0.0554. The molecule has 0 spiro atoms. The van der Waals surface area contributed by atoms with Crippen molar-refractivity contribution < 1.29 is 9.53 Å². The van der Waals surface area contributed by atoms with Crippen LogP contribution in [-0.4, -0.2) is 55.2 Å². The lowest BCUT2D eigenvalue weighted by Crippen LogP contribution is -2.41. The van der Waals surface area contributed by atoms with E-state index in [1.807, 2.05) is 42.5 Å². The van der Waals surface area contributed by atoms with Gasteiger partial charge in [0, 0.05) is 37.1 Å². The molecule has 1 N–H and O–H groups in total. The Morgan fingerprint density at radius 1 is 1.11 bits per heavy atom. The van der Waals surface area contributed by atoms with Crippen LogP contribution >= 0.6 is 0 Å². The van der Waals surface area contributed by atoms with Gasteiger partial charge in [0.15, 0.2) is 0 Å². The maximum atomic E-state index is 13.0. The lowest BCUT2D eigenvalue weighted by atomic mass is 10.0. The van der Waals surface area contributed by atoms with Crippen molar-refractivity contribution in [2.75, 3.05) is 39.4 Å². The fourth-order valence-corrected chi connectivity index (χ4v) is 3.48. The highest BCUT2D eigenvalue weighted by atomic mass is 16.5. The predicted octanol–water partition coefficient (Wildman–Crippen LogP) is 3.27. The minimum Gasteiger partial charge on any atom is -0.379 e. The summed E-state index contributed by atoms with van der Waals surface area (Å²) in [6.07, 6.45) is 0. The standard InChI is InChI=1S/C23H25N3O2/c1-17-6-8-18(9-7-17)22-16-20(19-4-2-3-5-21(19)25-22)23(27)24-10-11-26-12-14-28-15-13-26/h2-9,16H,10-15H2,1H3,(H,24,27). The van der Waals surface area contributed by atoms with Crippen molar-refractivity contribution in [3.8, 4) is 11.3 Å². The number of benzene rings is 2. The van der Waals surface area contributed by atoms with E-state index in [2.05, 4.69) is 29.3 Å². The minimum absolute atomic E-state index is 0.0554. The first-order valence-electron chi connectivity index (χ1n) is 9.76. The lowest BCUT2D eigenvalue weighted by molar-refractivity contribution is 0.0383. The molecule has 1 amide bonds. The summed E-state index contributed by atoms with van der Waals surface area (Å²) in [5.41, 5.74) is 4.53. The number of aromatic nitrogens is 1. The fraction of sp³-hybridized carbons (Fsp3) is 0.304. The first-order chi connectivity index (χ1) is 13.7. The van der Waals surface area contributed by atoms with Crippen LogP contribution in [0.15, 0.2) is 54.6 Å². The van der Waals surface area contributed by atoms with Crippen LogP contribution in [0.25, 0.3) is 22.2 Å². The van der Waals surface area contributed by atoms with Crippen molar-refractivity contribution in [3.63, 3.8) is 0 Å². The smallest absolute Gasteiger partial charge is 0.252 e. The molecule has 0 saturated carbocycles. The molecule has 2 aromatic carbocycles. The van der Waals surface area contributed by atoms with E-state index in [-0.39, 0.29) is 5.91 Å². The number of rotatable bonds is 5. The number of para-hydroxylation sites is 1. The normalized spacial score (nSPS) is 14.9. The molecule has 1 fully saturated rings. The molecule has 3 aromatic rings. The summed E-state index contributed by atoms with van der Waals surface area (Å²) in [4.78, 5) is 20.0. The SMILES string of the molecule is Cc1ccc(-c2cc(C(=O)NCCN3CCOCC3)c3ccccc3n2)cc1. The van der Waals surface area contributed by atoms with Gasteiger partial charge < -0.3 is 10.1 Å². The van der Waals surface area contributed by atoms with Crippen LogP contribution in [0, 0.1) is 6.92 Å². The monoisotopic (exact) mass is 375 g/mol. The zero-order valence-corrected chi connectivity index (χ0v) is 16.1. The molecule has 0 radical (unpaired) electrons. The molecule has 1 aromatic heterocycles. The molecule has 0 unspecified atom stereocenters. The maximum absolute atomic E-state index is 13.0. The molecular formula is C23H25N3O2. The number of fused-ring (bicyclic) bond motifs is 1. The number of hydrogen-bond donors (Lipinski definition) is 1. The third kappa shape index (κ3) is 4.21. The Labute approximate surface area is 165 Å². The number of carbonyl (C=O) groups excluding carboxylic acids is 1. The molecule has 5 heteroatoms. The molecule has 1 saturated heterocycles. The Hall–Kier alpha value is -2.76. The van der Waals surface area contributed by atoms with Gasteiger partial charge in [0.05, 0.1) is 30.0 Å². The molecule has 2 heterocycles. The van der Waals surface area contributed by atoms with Gasteiger partial charge in [0.1, 0.15) is 0 Å². The van der Waals surface area contributed by atoms with E-state index in [0.717, 1.165) is 55.0 Å². The van der Waals surface area contributed by atoms with Crippen LogP contribution in [0.5, 0.6) is 0 Å². The largest absolute Gasteiger partial charge is 0.379 e. The van der Waals surface area contributed by atoms with Gasteiger partial charge in [0.25, 0.3) is 5.91 Å². The third-order valence-corrected chi connectivity index (χ3v) is 5.13. The number of nitrogens with zero attached hydrogens (tertiary/aromatic N) is 2. The van der Waals surface area contributed by atoms with Crippen molar-refractivity contribution in [1.29, 1.82) is 0 Å². The molecule has 0 aliphatic carbocycles. The van der Waals surface area contributed by atoms with Crippen molar-refractivity contribution in [2.24, 2.45) is 0 Å². The van der Waals surface area contributed by atoms with Gasteiger partial charge in [-0.3, -0.25) is 9.69 Å². The number of carbonyl (C=O) groups is 1. The molecule has 0 atom stereocenters. The average molecular weight is 375 g/mol. The fourth-order valence-electron chi connectivity index (χ4n) is 3.48. The second-order valence-corrected chi connectivity index (χ2v) is 7.15. The highest BCUT2D eigenvalue weighted by Gasteiger charge is 2.15. The Balaban J connectivity index is 1.57. The van der Waals surface area contributed by atoms with E-state index in [0.29, 0.717) is 12.1 Å². The van der Waals surface area contributed by atoms with E-state index in [4.69, 9.17) is 9.72 Å². The Kier molecular flexibility index (Phi) is 5.65. The van der Waals surface area contributed by atoms with Gasteiger partial charge >= 0.3 is 0 Å². The van der Waals surface area contributed by atoms with E-state index >= 15 is 0 Å². The number of hydrogen-bond acceptors (Lipinski definition) is 4. The number of pyridine rings is 1. The van der Waals surface area contributed by atoms with Crippen LogP contribution in [0.4, 0.5) is 0 Å². The summed E-state index contributed by atoms with van der Waals surface area (Å²) >= 11 is 0. The number of ether oxygens (including phenoxy) is 1. The summed E-state index contributed by atoms with van der Waals surface area (Å²) in [6.45, 7) is 6.90. The number of amides is 1. The van der Waals surface area contributed by atoms with E-state index in [1.54, 1.807) is 0 Å². The van der Waals surface area contributed by atoms with Crippen molar-refractivity contribution in [1.82, 2.24) is 15.2 Å². The topological polar surface area (TPSA) is 54.5 Å². The predicted molar refractivity (Wildman–Crippen MR) is 112 cm³/mol. The van der Waals surface area contributed by atoms with Gasteiger partial charge in [-0.25, -0.2) is 4.98 Å². The summed E-state index contributed by atoms with van der Waals surface area (Å²) in [6, 6.07) is 17.9. The minimum atomic E-state index is -0.0554. The van der Waals surface area contributed by atoms with Crippen molar-refractivity contribution >= 4 is 16.8 Å². The van der Waals surface area contributed by atoms with E-state index < -0.39 is 0 Å². The second kappa shape index (κ2) is 8.50. The van der Waals surface area contributed by atoms with Crippen molar-refractivity contribution in [3.05, 3.63) is 65.7 Å². The summed E-state index contributed by atoms with van der Waals surface area (Å²) in [5, 5.41) is 3.95. The molecule has 1 aliphatic heterocycles. The third-order valence-electron chi connectivity index (χ3n) is 5.13. The average Bonchev–Trinajstić information content (AvgIpc) is 2.74. The lowest BCUT2D eigenvalue weighted by Gasteiger charge is -2.26. The number of aryl methyl sites for hydroxylation is 1. The van der Waals surface area contributed by atoms with Crippen molar-refractivity contribution in [2.45, 2.75) is 6.92 Å². The van der Waals surface area contributed by atoms with E-state index in [9.17, 15) is 4.79 Å². The maximum Gasteiger partial charge on any atom is 0.252 e. The van der Waals surface area contributed by atoms with Crippen LogP contribution in [0.2, 0.25) is 0 Å². The van der Waals surface area contributed by atoms with Gasteiger partial charge in [-0.1, -0.05) is 48.0 Å². The molecule has 1 aliphatic rings. The quantitative estimate of drug-likeness (QED) is 0.744. The molecule has 144 valence electrons. The summed E-state index contributed by atoms with van der Waals surface area (Å²) in [7, 11) is 0. The van der Waals surface area contributed by atoms with Gasteiger partial charge in [0.2, 0.25) is 0 Å². The number of nitrogens with one attached hydrogen (secondary N) is 1. The van der Waals surface area contributed by atoms with Gasteiger partial charge in [-0.05, 0) is 19.1 Å². The van der Waals surface area contributed by atoms with Crippen LogP contribution < -0.4 is 5.32 Å². The zero-order chi connectivity index (χ0) is 19.3. The van der Waals surface area contributed by atoms with Crippen LogP contribution in [0.3, 0.4) is 0 Å². The first kappa shape index (κ1) is 18.6. The number of morpholine rings is 1. The first-order valence-corrected chi connectivity index (χ1v) is 9.76. The molecule has 0 bridgehead atoms. The molecule has 4 rings (SSSR count). The van der Waals surface area contributed by atoms with Crippen LogP contribution in [-0.2, 0) is 4.74 Å². The molecule has 28 heavy (non-hydrogen) atoms. The van der Waals surface area contributed by atoms with Gasteiger partial charge in [-0.15, -0.1) is 0 Å². The van der Waals surface area contributed by atoms with Crippen LogP contribution in [0.1, 0.15) is 15.9 Å². The Bertz CT molecular complexity index is 963. The highest BCUT2D eigenvalue weighted by molar-refractivity contribution is 6.07. The Morgan fingerprint density at radius 2 is 1.86 bits per heavy atom.